The predicted octanol–water partition coefficient (Wildman–Crippen LogP) is 3.55. The zero-order chi connectivity index (χ0) is 16.9. The zero-order valence-electron chi connectivity index (χ0n) is 13.4. The molecule has 5 heteroatoms. The van der Waals surface area contributed by atoms with Gasteiger partial charge >= 0.3 is 5.97 Å². The number of hydrogen-bond acceptors (Lipinski definition) is 3. The Morgan fingerprint density at radius 3 is 2.23 bits per heavy atom. The summed E-state index contributed by atoms with van der Waals surface area (Å²) in [5, 5.41) is 2.67. The number of hydrogen-bond donors (Lipinski definition) is 1. The van der Waals surface area contributed by atoms with Crippen LogP contribution in [-0.4, -0.2) is 25.0 Å². The molecule has 120 valence electrons. The first-order chi connectivity index (χ1) is 10.1. The molecule has 1 atom stereocenters. The van der Waals surface area contributed by atoms with E-state index < -0.39 is 12.0 Å². The lowest BCUT2D eigenvalue weighted by Gasteiger charge is -2.19. The van der Waals surface area contributed by atoms with E-state index in [2.05, 4.69) is 48.6 Å². The standard InChI is InChI=1S/C17H22BrNO3/c1-11(18)10-14(16(21)22-5)19-15(20)12-6-8-13(9-7-12)17(2,3)4/h6-9,14H,1,10H2,2-5H3,(H,19,20)/t14-/m0/s1. The molecule has 0 unspecified atom stereocenters. The minimum atomic E-state index is -0.758. The molecule has 0 aliphatic heterocycles. The van der Waals surface area contributed by atoms with Gasteiger partial charge in [0.1, 0.15) is 6.04 Å². The van der Waals surface area contributed by atoms with E-state index in [1.165, 1.54) is 7.11 Å². The van der Waals surface area contributed by atoms with Gasteiger partial charge in [-0.05, 0) is 27.6 Å². The fourth-order valence-corrected chi connectivity index (χ4v) is 2.24. The molecule has 0 aromatic heterocycles. The molecule has 22 heavy (non-hydrogen) atoms. The van der Waals surface area contributed by atoms with Gasteiger partial charge in [-0.3, -0.25) is 4.79 Å². The molecular formula is C17H22BrNO3. The number of benzene rings is 1. The summed E-state index contributed by atoms with van der Waals surface area (Å²) >= 11 is 3.20. The van der Waals surface area contributed by atoms with Crippen LogP contribution in [-0.2, 0) is 14.9 Å². The van der Waals surface area contributed by atoms with Crippen LogP contribution in [0.15, 0.2) is 35.3 Å². The van der Waals surface area contributed by atoms with Crippen molar-refractivity contribution in [3.63, 3.8) is 0 Å². The number of methoxy groups -OCH3 is 1. The SMILES string of the molecule is C=C(Br)C[C@H](NC(=O)c1ccc(C(C)(C)C)cc1)C(=O)OC. The van der Waals surface area contributed by atoms with E-state index in [4.69, 9.17) is 4.74 Å². The number of amides is 1. The third kappa shape index (κ3) is 5.30. The average molecular weight is 368 g/mol. The fourth-order valence-electron chi connectivity index (χ4n) is 1.92. The zero-order valence-corrected chi connectivity index (χ0v) is 15.0. The van der Waals surface area contributed by atoms with Crippen LogP contribution in [0.1, 0.15) is 43.1 Å². The second-order valence-corrected chi connectivity index (χ2v) is 7.22. The van der Waals surface area contributed by atoms with Crippen molar-refractivity contribution in [3.8, 4) is 0 Å². The lowest BCUT2D eigenvalue weighted by Crippen LogP contribution is -2.41. The van der Waals surface area contributed by atoms with Crippen LogP contribution in [0.25, 0.3) is 0 Å². The maximum Gasteiger partial charge on any atom is 0.328 e. The molecule has 0 heterocycles. The Bertz CT molecular complexity index is 558. The van der Waals surface area contributed by atoms with Gasteiger partial charge in [-0.25, -0.2) is 4.79 Å². The van der Waals surface area contributed by atoms with E-state index in [-0.39, 0.29) is 17.7 Å². The van der Waals surface area contributed by atoms with E-state index in [0.717, 1.165) is 5.56 Å². The third-order valence-electron chi connectivity index (χ3n) is 3.23. The number of halogens is 1. The van der Waals surface area contributed by atoms with Crippen LogP contribution < -0.4 is 5.32 Å². The lowest BCUT2D eigenvalue weighted by molar-refractivity contribution is -0.142. The normalized spacial score (nSPS) is 12.4. The van der Waals surface area contributed by atoms with Crippen molar-refractivity contribution in [2.45, 2.75) is 38.6 Å². The Morgan fingerprint density at radius 2 is 1.82 bits per heavy atom. The Kier molecular flexibility index (Phi) is 6.35. The molecule has 1 amide bonds. The van der Waals surface area contributed by atoms with Crippen molar-refractivity contribution in [2.24, 2.45) is 0 Å². The first-order valence-electron chi connectivity index (χ1n) is 6.97. The van der Waals surface area contributed by atoms with Gasteiger partial charge in [-0.2, -0.15) is 0 Å². The molecule has 0 fully saturated rings. The minimum Gasteiger partial charge on any atom is -0.467 e. The molecular weight excluding hydrogens is 346 g/mol. The first-order valence-corrected chi connectivity index (χ1v) is 7.77. The summed E-state index contributed by atoms with van der Waals surface area (Å²) in [6, 6.07) is 6.60. The van der Waals surface area contributed by atoms with E-state index in [1.54, 1.807) is 12.1 Å². The summed E-state index contributed by atoms with van der Waals surface area (Å²) in [6.07, 6.45) is 0.276. The predicted molar refractivity (Wildman–Crippen MR) is 91.1 cm³/mol. The molecule has 1 rings (SSSR count). The highest BCUT2D eigenvalue weighted by Gasteiger charge is 2.23. The van der Waals surface area contributed by atoms with Crippen molar-refractivity contribution >= 4 is 27.8 Å². The quantitative estimate of drug-likeness (QED) is 0.809. The Balaban J connectivity index is 2.86. The lowest BCUT2D eigenvalue weighted by atomic mass is 9.86. The average Bonchev–Trinajstić information content (AvgIpc) is 2.44. The van der Waals surface area contributed by atoms with Gasteiger partial charge in [-0.1, -0.05) is 55.4 Å². The third-order valence-corrected chi connectivity index (χ3v) is 3.55. The smallest absolute Gasteiger partial charge is 0.328 e. The summed E-state index contributed by atoms with van der Waals surface area (Å²) in [6.45, 7) is 10.0. The maximum atomic E-state index is 12.3. The highest BCUT2D eigenvalue weighted by atomic mass is 79.9. The molecule has 0 aliphatic carbocycles. The summed E-state index contributed by atoms with van der Waals surface area (Å²) in [5.41, 5.74) is 1.67. The van der Waals surface area contributed by atoms with Crippen LogP contribution in [0.3, 0.4) is 0 Å². The Labute approximate surface area is 140 Å². The molecule has 1 aromatic rings. The minimum absolute atomic E-state index is 0.0251. The van der Waals surface area contributed by atoms with Crippen LogP contribution in [0.2, 0.25) is 0 Å². The molecule has 0 aliphatic rings. The number of carbonyl (C=O) groups excluding carboxylic acids is 2. The largest absolute Gasteiger partial charge is 0.467 e. The second-order valence-electron chi connectivity index (χ2n) is 6.10. The van der Waals surface area contributed by atoms with Crippen LogP contribution in [0, 0.1) is 0 Å². The molecule has 0 saturated carbocycles. The first kappa shape index (κ1) is 18.4. The van der Waals surface area contributed by atoms with Crippen LogP contribution in [0.4, 0.5) is 0 Å². The summed E-state index contributed by atoms with van der Waals surface area (Å²) in [5.74, 6) is -0.815. The van der Waals surface area contributed by atoms with Gasteiger partial charge < -0.3 is 10.1 Å². The van der Waals surface area contributed by atoms with E-state index in [1.807, 2.05) is 12.1 Å². The van der Waals surface area contributed by atoms with E-state index in [0.29, 0.717) is 10.0 Å². The second kappa shape index (κ2) is 7.58. The number of rotatable bonds is 5. The van der Waals surface area contributed by atoms with Gasteiger partial charge in [0.2, 0.25) is 0 Å². The molecule has 0 radical (unpaired) electrons. The van der Waals surface area contributed by atoms with Crippen molar-refractivity contribution in [3.05, 3.63) is 46.5 Å². The molecule has 1 N–H and O–H groups in total. The Morgan fingerprint density at radius 1 is 1.27 bits per heavy atom. The van der Waals surface area contributed by atoms with Gasteiger partial charge in [-0.15, -0.1) is 0 Å². The topological polar surface area (TPSA) is 55.4 Å². The monoisotopic (exact) mass is 367 g/mol. The van der Waals surface area contributed by atoms with Crippen LogP contribution >= 0.6 is 15.9 Å². The number of carbonyl (C=O) groups is 2. The molecule has 1 aromatic carbocycles. The Hall–Kier alpha value is -1.62. The fraction of sp³-hybridized carbons (Fsp3) is 0.412. The highest BCUT2D eigenvalue weighted by molar-refractivity contribution is 9.11. The molecule has 0 saturated heterocycles. The van der Waals surface area contributed by atoms with Gasteiger partial charge in [0.25, 0.3) is 5.91 Å². The molecule has 0 spiro atoms. The van der Waals surface area contributed by atoms with Gasteiger partial charge in [0.15, 0.2) is 0 Å². The van der Waals surface area contributed by atoms with Gasteiger partial charge in [0, 0.05) is 12.0 Å². The van der Waals surface area contributed by atoms with Crippen LogP contribution in [0.5, 0.6) is 0 Å². The van der Waals surface area contributed by atoms with Crippen molar-refractivity contribution < 1.29 is 14.3 Å². The van der Waals surface area contributed by atoms with Crippen molar-refractivity contribution in [1.29, 1.82) is 0 Å². The number of nitrogens with one attached hydrogen (secondary N) is 1. The van der Waals surface area contributed by atoms with E-state index >= 15 is 0 Å². The molecule has 4 nitrogen and oxygen atoms in total. The highest BCUT2D eigenvalue weighted by Crippen LogP contribution is 2.22. The number of ether oxygens (including phenoxy) is 1. The number of esters is 1. The van der Waals surface area contributed by atoms with Crippen molar-refractivity contribution in [2.75, 3.05) is 7.11 Å². The summed E-state index contributed by atoms with van der Waals surface area (Å²) in [4.78, 5) is 24.0. The maximum absolute atomic E-state index is 12.3. The van der Waals surface area contributed by atoms with E-state index in [9.17, 15) is 9.59 Å². The van der Waals surface area contributed by atoms with Crippen molar-refractivity contribution in [1.82, 2.24) is 5.32 Å². The summed E-state index contributed by atoms with van der Waals surface area (Å²) in [7, 11) is 1.29. The summed E-state index contributed by atoms with van der Waals surface area (Å²) < 4.78 is 5.32. The van der Waals surface area contributed by atoms with Gasteiger partial charge in [0.05, 0.1) is 7.11 Å². The molecule has 0 bridgehead atoms.